The maximum atomic E-state index is 14.4. The van der Waals surface area contributed by atoms with Crippen molar-refractivity contribution in [3.63, 3.8) is 0 Å². The molecule has 186 valence electrons. The normalized spacial score (nSPS) is 22.3. The van der Waals surface area contributed by atoms with Gasteiger partial charge in [0.15, 0.2) is 11.6 Å². The predicted octanol–water partition coefficient (Wildman–Crippen LogP) is 2.20. The third kappa shape index (κ3) is 4.71. The van der Waals surface area contributed by atoms with Crippen molar-refractivity contribution in [1.29, 1.82) is 0 Å². The summed E-state index contributed by atoms with van der Waals surface area (Å²) in [7, 11) is 2.15. The van der Waals surface area contributed by atoms with Crippen molar-refractivity contribution in [1.82, 2.24) is 20.2 Å². The highest BCUT2D eigenvalue weighted by Crippen LogP contribution is 2.49. The second kappa shape index (κ2) is 9.85. The molecule has 0 saturated carbocycles. The van der Waals surface area contributed by atoms with Gasteiger partial charge >= 0.3 is 0 Å². The summed E-state index contributed by atoms with van der Waals surface area (Å²) in [6.45, 7) is 7.45. The zero-order valence-electron chi connectivity index (χ0n) is 19.9. The number of piperazine rings is 1. The van der Waals surface area contributed by atoms with Crippen molar-refractivity contribution in [3.8, 4) is 5.75 Å². The van der Waals surface area contributed by atoms with Gasteiger partial charge in [0.2, 0.25) is 0 Å². The van der Waals surface area contributed by atoms with E-state index in [-0.39, 0.29) is 17.7 Å². The Hall–Kier alpha value is -3.14. The molecule has 3 aliphatic rings. The third-order valence-electron chi connectivity index (χ3n) is 7.49. The van der Waals surface area contributed by atoms with E-state index in [9.17, 15) is 14.3 Å². The van der Waals surface area contributed by atoms with Crippen molar-refractivity contribution in [3.05, 3.63) is 71.2 Å². The summed E-state index contributed by atoms with van der Waals surface area (Å²) >= 11 is 0. The van der Waals surface area contributed by atoms with Crippen LogP contribution in [0.15, 0.2) is 48.7 Å². The molecule has 3 aliphatic heterocycles. The van der Waals surface area contributed by atoms with Crippen LogP contribution in [0.2, 0.25) is 0 Å². The molecule has 0 aliphatic carbocycles. The smallest absolute Gasteiger partial charge is 0.274 e. The number of benzene rings is 2. The average Bonchev–Trinajstić information content (AvgIpc) is 3.19. The number of aromatic hydroxyl groups is 1. The Morgan fingerprint density at radius 1 is 1.09 bits per heavy atom. The minimum Gasteiger partial charge on any atom is -0.505 e. The summed E-state index contributed by atoms with van der Waals surface area (Å²) < 4.78 is 14.4. The average molecular weight is 482 g/mol. The standard InChI is InChI=1S/C26H32FN5O3/c1-29-10-12-30(13-11-29)14-15-31-9-8-22-20(17-31)24-23(7-6-21(27)25(24)33)32(22)16-18-2-4-19(5-3-18)26(34)28-35/h2-9,20,22,33,35H,10-17H2,1H3,(H,28,34). The van der Waals surface area contributed by atoms with Crippen molar-refractivity contribution >= 4 is 11.6 Å². The topological polar surface area (TPSA) is 82.5 Å². The van der Waals surface area contributed by atoms with Gasteiger partial charge in [-0.1, -0.05) is 12.1 Å². The number of likely N-dealkylation sites (N-methyl/N-ethyl adjacent to an activating group) is 1. The molecule has 35 heavy (non-hydrogen) atoms. The Balaban J connectivity index is 1.34. The first-order valence-electron chi connectivity index (χ1n) is 12.1. The molecule has 0 spiro atoms. The van der Waals surface area contributed by atoms with E-state index in [2.05, 4.69) is 38.9 Å². The maximum Gasteiger partial charge on any atom is 0.274 e. The highest BCUT2D eigenvalue weighted by atomic mass is 19.1. The lowest BCUT2D eigenvalue weighted by molar-refractivity contribution is 0.0706. The van der Waals surface area contributed by atoms with Gasteiger partial charge < -0.3 is 19.8 Å². The van der Waals surface area contributed by atoms with Crippen LogP contribution in [-0.2, 0) is 6.54 Å². The molecule has 1 amide bonds. The predicted molar refractivity (Wildman–Crippen MR) is 131 cm³/mol. The van der Waals surface area contributed by atoms with Gasteiger partial charge in [-0.15, -0.1) is 0 Å². The monoisotopic (exact) mass is 481 g/mol. The molecule has 5 rings (SSSR count). The molecule has 0 bridgehead atoms. The Morgan fingerprint density at radius 3 is 2.54 bits per heavy atom. The van der Waals surface area contributed by atoms with Crippen LogP contribution in [0, 0.1) is 5.82 Å². The molecule has 2 atom stereocenters. The van der Waals surface area contributed by atoms with Crippen molar-refractivity contribution < 1.29 is 19.5 Å². The van der Waals surface area contributed by atoms with E-state index in [4.69, 9.17) is 5.21 Å². The van der Waals surface area contributed by atoms with Gasteiger partial charge in [-0.3, -0.25) is 14.9 Å². The first-order chi connectivity index (χ1) is 16.9. The number of halogens is 1. The number of nitrogens with one attached hydrogen (secondary N) is 1. The molecule has 8 nitrogen and oxygen atoms in total. The number of carbonyl (C=O) groups excluding carboxylic acids is 1. The number of hydrogen-bond donors (Lipinski definition) is 3. The molecule has 1 saturated heterocycles. The van der Waals surface area contributed by atoms with Gasteiger partial charge in [0, 0.05) is 75.1 Å². The lowest BCUT2D eigenvalue weighted by Gasteiger charge is -2.37. The number of fused-ring (bicyclic) bond motifs is 3. The molecule has 2 aromatic carbocycles. The summed E-state index contributed by atoms with van der Waals surface area (Å²) in [5.41, 5.74) is 4.48. The Labute approximate surface area is 204 Å². The number of anilines is 1. The zero-order chi connectivity index (χ0) is 24.5. The molecule has 0 radical (unpaired) electrons. The summed E-state index contributed by atoms with van der Waals surface area (Å²) in [5, 5.41) is 19.5. The first-order valence-corrected chi connectivity index (χ1v) is 12.1. The van der Waals surface area contributed by atoms with Gasteiger partial charge in [-0.05, 0) is 49.2 Å². The first kappa shape index (κ1) is 23.6. The van der Waals surface area contributed by atoms with Gasteiger partial charge in [-0.2, -0.15) is 0 Å². The lowest BCUT2D eigenvalue weighted by Crippen LogP contribution is -2.47. The quantitative estimate of drug-likeness (QED) is 0.431. The summed E-state index contributed by atoms with van der Waals surface area (Å²) in [6.07, 6.45) is 4.29. The summed E-state index contributed by atoms with van der Waals surface area (Å²) in [6, 6.07) is 10.1. The number of rotatable bonds is 6. The van der Waals surface area contributed by atoms with Crippen LogP contribution in [0.25, 0.3) is 0 Å². The van der Waals surface area contributed by atoms with E-state index in [1.54, 1.807) is 23.7 Å². The number of phenolic OH excluding ortho intramolecular Hbond substituents is 1. The van der Waals surface area contributed by atoms with E-state index >= 15 is 0 Å². The van der Waals surface area contributed by atoms with E-state index in [0.29, 0.717) is 24.2 Å². The van der Waals surface area contributed by atoms with Crippen molar-refractivity contribution in [2.45, 2.75) is 18.5 Å². The molecule has 3 N–H and O–H groups in total. The van der Waals surface area contributed by atoms with Gasteiger partial charge in [0.05, 0.1) is 6.04 Å². The van der Waals surface area contributed by atoms with Crippen LogP contribution in [0.5, 0.6) is 5.75 Å². The molecule has 1 fully saturated rings. The van der Waals surface area contributed by atoms with E-state index in [1.807, 2.05) is 12.1 Å². The highest BCUT2D eigenvalue weighted by Gasteiger charge is 2.42. The Bertz CT molecular complexity index is 1100. The van der Waals surface area contributed by atoms with Crippen LogP contribution in [-0.4, -0.2) is 89.8 Å². The number of hydroxylamine groups is 1. The third-order valence-corrected chi connectivity index (χ3v) is 7.49. The second-order valence-electron chi connectivity index (χ2n) is 9.67. The second-order valence-corrected chi connectivity index (χ2v) is 9.67. The highest BCUT2D eigenvalue weighted by molar-refractivity contribution is 5.93. The Kier molecular flexibility index (Phi) is 6.64. The number of nitrogens with zero attached hydrogens (tertiary/aromatic N) is 4. The molecular formula is C26H32FN5O3. The van der Waals surface area contributed by atoms with E-state index in [0.717, 1.165) is 50.5 Å². The van der Waals surface area contributed by atoms with Crippen molar-refractivity contribution in [2.24, 2.45) is 0 Å². The summed E-state index contributed by atoms with van der Waals surface area (Å²) in [5.74, 6) is -1.46. The molecule has 0 aromatic heterocycles. The van der Waals surface area contributed by atoms with Crippen LogP contribution >= 0.6 is 0 Å². The van der Waals surface area contributed by atoms with Gasteiger partial charge in [-0.25, -0.2) is 9.87 Å². The van der Waals surface area contributed by atoms with E-state index in [1.165, 1.54) is 6.07 Å². The van der Waals surface area contributed by atoms with Gasteiger partial charge in [0.25, 0.3) is 5.91 Å². The van der Waals surface area contributed by atoms with E-state index < -0.39 is 11.7 Å². The molecular weight excluding hydrogens is 449 g/mol. The fraction of sp³-hybridized carbons (Fsp3) is 0.423. The zero-order valence-corrected chi connectivity index (χ0v) is 19.9. The SMILES string of the molecule is CN1CCN(CCN2C=CC3C(C2)c2c(ccc(F)c2O)N3Cc2ccc(C(=O)NO)cc2)CC1. The fourth-order valence-electron chi connectivity index (χ4n) is 5.42. The molecule has 9 heteroatoms. The van der Waals surface area contributed by atoms with Gasteiger partial charge in [0.1, 0.15) is 0 Å². The van der Waals surface area contributed by atoms with Crippen LogP contribution in [0.4, 0.5) is 10.1 Å². The largest absolute Gasteiger partial charge is 0.505 e. The minimum atomic E-state index is -0.595. The molecule has 2 unspecified atom stereocenters. The van der Waals surface area contributed by atoms with Crippen LogP contribution in [0.1, 0.15) is 27.4 Å². The Morgan fingerprint density at radius 2 is 1.83 bits per heavy atom. The minimum absolute atomic E-state index is 0.00185. The van der Waals surface area contributed by atoms with Crippen LogP contribution < -0.4 is 10.4 Å². The number of hydrogen-bond acceptors (Lipinski definition) is 7. The number of amides is 1. The summed E-state index contributed by atoms with van der Waals surface area (Å²) in [4.78, 5) is 20.9. The molecule has 3 heterocycles. The van der Waals surface area contributed by atoms with Crippen molar-refractivity contribution in [2.75, 3.05) is 57.8 Å². The fourth-order valence-corrected chi connectivity index (χ4v) is 5.42. The lowest BCUT2D eigenvalue weighted by atomic mass is 9.91. The number of carbonyl (C=O) groups is 1. The maximum absolute atomic E-state index is 14.4. The number of phenols is 1. The molecule has 2 aromatic rings. The van der Waals surface area contributed by atoms with Crippen LogP contribution in [0.3, 0.4) is 0 Å².